The molecular weight excluding hydrogens is 240 g/mol. The zero-order chi connectivity index (χ0) is 14.1. The molecule has 0 aliphatic rings. The molecule has 0 radical (unpaired) electrons. The lowest BCUT2D eigenvalue weighted by Gasteiger charge is -2.19. The molecule has 0 saturated heterocycles. The number of nitrogens with one attached hydrogen (secondary N) is 1. The van der Waals surface area contributed by atoms with E-state index in [9.17, 15) is 0 Å². The normalized spacial score (nSPS) is 11.0. The predicted molar refractivity (Wildman–Crippen MR) is 78.2 cm³/mol. The highest BCUT2D eigenvalue weighted by molar-refractivity contribution is 5.35. The minimum Gasteiger partial charge on any atom is -0.396 e. The van der Waals surface area contributed by atoms with Gasteiger partial charge in [-0.25, -0.2) is 9.97 Å². The van der Waals surface area contributed by atoms with Gasteiger partial charge in [0.2, 0.25) is 0 Å². The summed E-state index contributed by atoms with van der Waals surface area (Å²) in [6.45, 7) is 9.95. The first-order chi connectivity index (χ1) is 9.19. The first kappa shape index (κ1) is 15.9. The SMILES string of the molecule is CCCNc1cc(C)nc(CN(CC)CCCO)n1. The van der Waals surface area contributed by atoms with E-state index in [4.69, 9.17) is 5.11 Å². The number of hydrogen-bond donors (Lipinski definition) is 2. The van der Waals surface area contributed by atoms with E-state index in [1.54, 1.807) is 0 Å². The van der Waals surface area contributed by atoms with Crippen molar-refractivity contribution in [3.63, 3.8) is 0 Å². The molecule has 1 rings (SSSR count). The van der Waals surface area contributed by atoms with E-state index in [1.807, 2.05) is 13.0 Å². The molecule has 0 unspecified atom stereocenters. The van der Waals surface area contributed by atoms with Gasteiger partial charge in [-0.05, 0) is 26.3 Å². The molecule has 1 aromatic rings. The summed E-state index contributed by atoms with van der Waals surface area (Å²) in [5.74, 6) is 1.75. The Morgan fingerprint density at radius 2 is 2.11 bits per heavy atom. The zero-order valence-electron chi connectivity index (χ0n) is 12.3. The molecule has 0 aliphatic carbocycles. The third kappa shape index (κ3) is 5.98. The monoisotopic (exact) mass is 266 g/mol. The van der Waals surface area contributed by atoms with Gasteiger partial charge < -0.3 is 10.4 Å². The van der Waals surface area contributed by atoms with Gasteiger partial charge in [-0.15, -0.1) is 0 Å². The largest absolute Gasteiger partial charge is 0.396 e. The van der Waals surface area contributed by atoms with Gasteiger partial charge in [-0.3, -0.25) is 4.90 Å². The van der Waals surface area contributed by atoms with Crippen molar-refractivity contribution in [3.8, 4) is 0 Å². The highest BCUT2D eigenvalue weighted by Gasteiger charge is 2.07. The van der Waals surface area contributed by atoms with Crippen LogP contribution in [-0.4, -0.2) is 46.2 Å². The smallest absolute Gasteiger partial charge is 0.144 e. The summed E-state index contributed by atoms with van der Waals surface area (Å²) >= 11 is 0. The van der Waals surface area contributed by atoms with Gasteiger partial charge in [-0.1, -0.05) is 13.8 Å². The van der Waals surface area contributed by atoms with E-state index in [0.29, 0.717) is 0 Å². The fourth-order valence-corrected chi connectivity index (χ4v) is 1.89. The van der Waals surface area contributed by atoms with Crippen LogP contribution in [0.15, 0.2) is 6.07 Å². The predicted octanol–water partition coefficient (Wildman–Crippen LogP) is 1.81. The lowest BCUT2D eigenvalue weighted by molar-refractivity contribution is 0.222. The van der Waals surface area contributed by atoms with Crippen LogP contribution >= 0.6 is 0 Å². The minimum absolute atomic E-state index is 0.231. The number of aryl methyl sites for hydroxylation is 1. The highest BCUT2D eigenvalue weighted by Crippen LogP contribution is 2.08. The van der Waals surface area contributed by atoms with Crippen molar-refractivity contribution in [1.29, 1.82) is 0 Å². The molecule has 0 spiro atoms. The fourth-order valence-electron chi connectivity index (χ4n) is 1.89. The highest BCUT2D eigenvalue weighted by atomic mass is 16.3. The van der Waals surface area contributed by atoms with Crippen LogP contribution in [0.2, 0.25) is 0 Å². The molecule has 108 valence electrons. The molecule has 1 aromatic heterocycles. The Morgan fingerprint density at radius 1 is 1.32 bits per heavy atom. The van der Waals surface area contributed by atoms with Crippen molar-refractivity contribution in [1.82, 2.24) is 14.9 Å². The number of aliphatic hydroxyl groups excluding tert-OH is 1. The van der Waals surface area contributed by atoms with Crippen LogP contribution in [0.3, 0.4) is 0 Å². The van der Waals surface area contributed by atoms with E-state index in [0.717, 1.165) is 56.4 Å². The molecule has 0 aliphatic heterocycles. The van der Waals surface area contributed by atoms with Crippen molar-refractivity contribution in [3.05, 3.63) is 17.6 Å². The van der Waals surface area contributed by atoms with Gasteiger partial charge in [0.25, 0.3) is 0 Å². The lowest BCUT2D eigenvalue weighted by Crippen LogP contribution is -2.26. The Morgan fingerprint density at radius 3 is 2.74 bits per heavy atom. The Bertz CT molecular complexity index is 370. The van der Waals surface area contributed by atoms with Crippen LogP contribution in [0.25, 0.3) is 0 Å². The van der Waals surface area contributed by atoms with Gasteiger partial charge in [0.05, 0.1) is 6.54 Å². The van der Waals surface area contributed by atoms with Gasteiger partial charge in [0, 0.05) is 31.5 Å². The molecule has 0 saturated carbocycles. The van der Waals surface area contributed by atoms with E-state index < -0.39 is 0 Å². The van der Waals surface area contributed by atoms with Crippen molar-refractivity contribution >= 4 is 5.82 Å². The van der Waals surface area contributed by atoms with E-state index in [-0.39, 0.29) is 6.61 Å². The van der Waals surface area contributed by atoms with Gasteiger partial charge in [-0.2, -0.15) is 0 Å². The van der Waals surface area contributed by atoms with Gasteiger partial charge in [0.15, 0.2) is 0 Å². The summed E-state index contributed by atoms with van der Waals surface area (Å²) in [6, 6.07) is 1.98. The first-order valence-electron chi connectivity index (χ1n) is 7.11. The van der Waals surface area contributed by atoms with Crippen molar-refractivity contribution < 1.29 is 5.11 Å². The van der Waals surface area contributed by atoms with Crippen LogP contribution in [0, 0.1) is 6.92 Å². The topological polar surface area (TPSA) is 61.3 Å². The molecule has 5 nitrogen and oxygen atoms in total. The van der Waals surface area contributed by atoms with Crippen LogP contribution in [0.5, 0.6) is 0 Å². The van der Waals surface area contributed by atoms with Crippen molar-refractivity contribution in [2.45, 2.75) is 40.2 Å². The Labute approximate surface area is 116 Å². The molecule has 1 heterocycles. The zero-order valence-corrected chi connectivity index (χ0v) is 12.3. The molecule has 5 heteroatoms. The second-order valence-electron chi connectivity index (χ2n) is 4.68. The molecule has 0 bridgehead atoms. The van der Waals surface area contributed by atoms with E-state index in [2.05, 4.69) is 34.0 Å². The molecule has 0 atom stereocenters. The van der Waals surface area contributed by atoms with E-state index >= 15 is 0 Å². The quantitative estimate of drug-likeness (QED) is 0.714. The maximum atomic E-state index is 8.89. The maximum Gasteiger partial charge on any atom is 0.144 e. The summed E-state index contributed by atoms with van der Waals surface area (Å²) < 4.78 is 0. The molecule has 0 aromatic carbocycles. The molecule has 2 N–H and O–H groups in total. The second-order valence-corrected chi connectivity index (χ2v) is 4.68. The van der Waals surface area contributed by atoms with E-state index in [1.165, 1.54) is 0 Å². The second kappa shape index (κ2) is 8.82. The number of anilines is 1. The fraction of sp³-hybridized carbons (Fsp3) is 0.714. The number of nitrogens with zero attached hydrogens (tertiary/aromatic N) is 3. The molecule has 19 heavy (non-hydrogen) atoms. The summed E-state index contributed by atoms with van der Waals surface area (Å²) in [4.78, 5) is 11.3. The maximum absolute atomic E-state index is 8.89. The van der Waals surface area contributed by atoms with Crippen LogP contribution in [-0.2, 0) is 6.54 Å². The third-order valence-corrected chi connectivity index (χ3v) is 2.90. The van der Waals surface area contributed by atoms with Gasteiger partial charge >= 0.3 is 0 Å². The molecule has 0 amide bonds. The molecule has 0 fully saturated rings. The number of hydrogen-bond acceptors (Lipinski definition) is 5. The average Bonchev–Trinajstić information content (AvgIpc) is 2.40. The Balaban J connectivity index is 2.67. The van der Waals surface area contributed by atoms with Crippen LogP contribution in [0.1, 0.15) is 38.2 Å². The number of rotatable bonds is 9. The van der Waals surface area contributed by atoms with Crippen molar-refractivity contribution in [2.75, 3.05) is 31.6 Å². The Hall–Kier alpha value is -1.20. The standard InChI is InChI=1S/C14H26N4O/c1-4-7-15-13-10-12(3)16-14(17-13)11-18(5-2)8-6-9-19/h10,19H,4-9,11H2,1-3H3,(H,15,16,17). The first-order valence-corrected chi connectivity index (χ1v) is 7.11. The molecular formula is C14H26N4O. The average molecular weight is 266 g/mol. The Kier molecular flexibility index (Phi) is 7.36. The minimum atomic E-state index is 0.231. The summed E-state index contributed by atoms with van der Waals surface area (Å²) in [5.41, 5.74) is 0.988. The number of aromatic nitrogens is 2. The number of aliphatic hydroxyl groups is 1. The van der Waals surface area contributed by atoms with Gasteiger partial charge in [0.1, 0.15) is 11.6 Å². The summed E-state index contributed by atoms with van der Waals surface area (Å²) in [6.07, 6.45) is 1.87. The lowest BCUT2D eigenvalue weighted by atomic mass is 10.3. The van der Waals surface area contributed by atoms with Crippen molar-refractivity contribution in [2.24, 2.45) is 0 Å². The third-order valence-electron chi connectivity index (χ3n) is 2.90. The summed E-state index contributed by atoms with van der Waals surface area (Å²) in [5, 5.41) is 12.2. The summed E-state index contributed by atoms with van der Waals surface area (Å²) in [7, 11) is 0. The van der Waals surface area contributed by atoms with Crippen LogP contribution in [0.4, 0.5) is 5.82 Å². The van der Waals surface area contributed by atoms with Crippen LogP contribution < -0.4 is 5.32 Å².